The van der Waals surface area contributed by atoms with Gasteiger partial charge in [0.25, 0.3) is 0 Å². The molecule has 0 bridgehead atoms. The minimum atomic E-state index is -0.767. The summed E-state index contributed by atoms with van der Waals surface area (Å²) < 4.78 is 0.844. The highest BCUT2D eigenvalue weighted by Gasteiger charge is 2.34. The average Bonchev–Trinajstić information content (AvgIpc) is 2.32. The molecule has 1 saturated carbocycles. The molecule has 0 atom stereocenters. The van der Waals surface area contributed by atoms with Crippen molar-refractivity contribution in [1.29, 1.82) is 0 Å². The SMILES string of the molecule is CCN(CC(=O)O)C1CC(Nc2ncncc2Br)C1. The Bertz CT molecular complexity index is 451. The van der Waals surface area contributed by atoms with Crippen molar-refractivity contribution in [2.24, 2.45) is 0 Å². The molecule has 0 saturated heterocycles. The van der Waals surface area contributed by atoms with Crippen molar-refractivity contribution in [2.75, 3.05) is 18.4 Å². The number of carboxylic acid groups (broad SMARTS) is 1. The van der Waals surface area contributed by atoms with Gasteiger partial charge < -0.3 is 10.4 Å². The topological polar surface area (TPSA) is 78.4 Å². The molecule has 1 fully saturated rings. The standard InChI is InChI=1S/C12H17BrN4O2/c1-2-17(6-11(18)19)9-3-8(4-9)16-12-10(13)5-14-7-15-12/h5,7-9H,2-4,6H2,1H3,(H,18,19)(H,14,15,16). The fourth-order valence-corrected chi connectivity index (χ4v) is 2.62. The number of nitrogens with zero attached hydrogens (tertiary/aromatic N) is 3. The molecule has 0 aliphatic heterocycles. The Kier molecular flexibility index (Phi) is 4.71. The van der Waals surface area contributed by atoms with Crippen LogP contribution < -0.4 is 5.32 Å². The van der Waals surface area contributed by atoms with E-state index in [0.29, 0.717) is 12.1 Å². The summed E-state index contributed by atoms with van der Waals surface area (Å²) in [6, 6.07) is 0.693. The van der Waals surface area contributed by atoms with Gasteiger partial charge in [0.2, 0.25) is 0 Å². The van der Waals surface area contributed by atoms with Crippen molar-refractivity contribution in [3.63, 3.8) is 0 Å². The van der Waals surface area contributed by atoms with E-state index in [1.54, 1.807) is 6.20 Å². The number of aliphatic carboxylic acids is 1. The van der Waals surface area contributed by atoms with Gasteiger partial charge in [-0.15, -0.1) is 0 Å². The summed E-state index contributed by atoms with van der Waals surface area (Å²) in [5.74, 6) is 0.0246. The summed E-state index contributed by atoms with van der Waals surface area (Å²) in [6.45, 7) is 2.87. The number of rotatable bonds is 6. The van der Waals surface area contributed by atoms with Crippen LogP contribution in [0.1, 0.15) is 19.8 Å². The average molecular weight is 329 g/mol. The Labute approximate surface area is 120 Å². The number of nitrogens with one attached hydrogen (secondary N) is 1. The summed E-state index contributed by atoms with van der Waals surface area (Å²) in [4.78, 5) is 20.8. The molecule has 0 amide bonds. The Morgan fingerprint density at radius 2 is 2.37 bits per heavy atom. The van der Waals surface area contributed by atoms with Gasteiger partial charge in [-0.25, -0.2) is 9.97 Å². The lowest BCUT2D eigenvalue weighted by molar-refractivity contribution is -0.139. The Balaban J connectivity index is 1.83. The molecular weight excluding hydrogens is 312 g/mol. The van der Waals surface area contributed by atoms with E-state index in [0.717, 1.165) is 29.7 Å². The minimum absolute atomic E-state index is 0.116. The fourth-order valence-electron chi connectivity index (χ4n) is 2.29. The molecule has 1 aliphatic rings. The zero-order valence-corrected chi connectivity index (χ0v) is 12.3. The number of aromatic nitrogens is 2. The molecule has 0 spiro atoms. The van der Waals surface area contributed by atoms with Crippen LogP contribution in [0.25, 0.3) is 0 Å². The number of hydrogen-bond donors (Lipinski definition) is 2. The molecule has 0 aromatic carbocycles. The fraction of sp³-hybridized carbons (Fsp3) is 0.583. The maximum atomic E-state index is 10.7. The zero-order chi connectivity index (χ0) is 13.8. The number of likely N-dealkylation sites (N-methyl/N-ethyl adjacent to an activating group) is 1. The van der Waals surface area contributed by atoms with E-state index in [1.165, 1.54) is 6.33 Å². The van der Waals surface area contributed by atoms with E-state index in [9.17, 15) is 4.79 Å². The second-order valence-electron chi connectivity index (χ2n) is 4.64. The smallest absolute Gasteiger partial charge is 0.317 e. The van der Waals surface area contributed by atoms with E-state index < -0.39 is 5.97 Å². The minimum Gasteiger partial charge on any atom is -0.480 e. The van der Waals surface area contributed by atoms with Crippen LogP contribution in [0, 0.1) is 0 Å². The highest BCUT2D eigenvalue weighted by Crippen LogP contribution is 2.29. The van der Waals surface area contributed by atoms with Gasteiger partial charge in [-0.3, -0.25) is 9.69 Å². The van der Waals surface area contributed by atoms with Crippen molar-refractivity contribution in [1.82, 2.24) is 14.9 Å². The van der Waals surface area contributed by atoms with Crippen LogP contribution in [-0.2, 0) is 4.79 Å². The molecule has 0 radical (unpaired) electrons. The van der Waals surface area contributed by atoms with Crippen molar-refractivity contribution in [3.8, 4) is 0 Å². The number of carbonyl (C=O) groups is 1. The van der Waals surface area contributed by atoms with Crippen LogP contribution >= 0.6 is 15.9 Å². The maximum absolute atomic E-state index is 10.7. The maximum Gasteiger partial charge on any atom is 0.317 e. The third-order valence-electron chi connectivity index (χ3n) is 3.38. The van der Waals surface area contributed by atoms with Crippen LogP contribution in [0.2, 0.25) is 0 Å². The molecule has 6 nitrogen and oxygen atoms in total. The van der Waals surface area contributed by atoms with Crippen LogP contribution in [-0.4, -0.2) is 51.1 Å². The van der Waals surface area contributed by atoms with Gasteiger partial charge in [0.15, 0.2) is 0 Å². The largest absolute Gasteiger partial charge is 0.480 e. The predicted octanol–water partition coefficient (Wildman–Crippen LogP) is 1.59. The number of anilines is 1. The third-order valence-corrected chi connectivity index (χ3v) is 3.96. The molecule has 2 N–H and O–H groups in total. The van der Waals surface area contributed by atoms with Gasteiger partial charge >= 0.3 is 5.97 Å². The van der Waals surface area contributed by atoms with Crippen LogP contribution in [0.3, 0.4) is 0 Å². The number of hydrogen-bond acceptors (Lipinski definition) is 5. The Hall–Kier alpha value is -1.21. The van der Waals surface area contributed by atoms with Crippen molar-refractivity contribution < 1.29 is 9.90 Å². The van der Waals surface area contributed by atoms with E-state index in [4.69, 9.17) is 5.11 Å². The lowest BCUT2D eigenvalue weighted by Gasteiger charge is -2.42. The lowest BCUT2D eigenvalue weighted by atomic mass is 9.85. The first-order valence-electron chi connectivity index (χ1n) is 6.28. The van der Waals surface area contributed by atoms with E-state index in [1.807, 2.05) is 11.8 Å². The third kappa shape index (κ3) is 3.63. The zero-order valence-electron chi connectivity index (χ0n) is 10.7. The molecule has 1 aromatic heterocycles. The predicted molar refractivity (Wildman–Crippen MR) is 75.0 cm³/mol. The molecule has 1 heterocycles. The van der Waals surface area contributed by atoms with Gasteiger partial charge in [-0.2, -0.15) is 0 Å². The van der Waals surface area contributed by atoms with E-state index in [-0.39, 0.29) is 6.54 Å². The van der Waals surface area contributed by atoms with Crippen LogP contribution in [0.4, 0.5) is 5.82 Å². The normalized spacial score (nSPS) is 22.1. The molecular formula is C12H17BrN4O2. The molecule has 2 rings (SSSR count). The monoisotopic (exact) mass is 328 g/mol. The summed E-state index contributed by atoms with van der Waals surface area (Å²) in [7, 11) is 0. The lowest BCUT2D eigenvalue weighted by Crippen LogP contribution is -2.51. The van der Waals surface area contributed by atoms with Gasteiger partial charge in [0, 0.05) is 18.3 Å². The first-order valence-corrected chi connectivity index (χ1v) is 7.07. The highest BCUT2D eigenvalue weighted by molar-refractivity contribution is 9.10. The van der Waals surface area contributed by atoms with Gasteiger partial charge in [0.05, 0.1) is 11.0 Å². The molecule has 104 valence electrons. The Morgan fingerprint density at radius 1 is 1.63 bits per heavy atom. The Morgan fingerprint density at radius 3 is 2.95 bits per heavy atom. The summed E-state index contributed by atoms with van der Waals surface area (Å²) in [5.41, 5.74) is 0. The second-order valence-corrected chi connectivity index (χ2v) is 5.50. The summed E-state index contributed by atoms with van der Waals surface area (Å²) in [5, 5.41) is 12.2. The van der Waals surface area contributed by atoms with Crippen LogP contribution in [0.15, 0.2) is 17.0 Å². The molecule has 7 heteroatoms. The van der Waals surface area contributed by atoms with Gasteiger partial charge in [0.1, 0.15) is 12.1 Å². The first kappa shape index (κ1) is 14.2. The quantitative estimate of drug-likeness (QED) is 0.825. The highest BCUT2D eigenvalue weighted by atomic mass is 79.9. The van der Waals surface area contributed by atoms with Crippen molar-refractivity contribution in [3.05, 3.63) is 17.0 Å². The number of carboxylic acids is 1. The van der Waals surface area contributed by atoms with Gasteiger partial charge in [-0.05, 0) is 35.3 Å². The first-order chi connectivity index (χ1) is 9.10. The van der Waals surface area contributed by atoms with E-state index >= 15 is 0 Å². The summed E-state index contributed by atoms with van der Waals surface area (Å²) >= 11 is 3.39. The van der Waals surface area contributed by atoms with E-state index in [2.05, 4.69) is 31.2 Å². The second kappa shape index (κ2) is 6.29. The molecule has 19 heavy (non-hydrogen) atoms. The molecule has 0 unspecified atom stereocenters. The van der Waals surface area contributed by atoms with Crippen molar-refractivity contribution >= 4 is 27.7 Å². The summed E-state index contributed by atoms with van der Waals surface area (Å²) in [6.07, 6.45) is 5.09. The van der Waals surface area contributed by atoms with Crippen molar-refractivity contribution in [2.45, 2.75) is 31.8 Å². The number of halogens is 1. The molecule has 1 aromatic rings. The molecule has 1 aliphatic carbocycles. The van der Waals surface area contributed by atoms with Gasteiger partial charge in [-0.1, -0.05) is 6.92 Å². The van der Waals surface area contributed by atoms with Crippen LogP contribution in [0.5, 0.6) is 0 Å².